The largest absolute Gasteiger partial charge is 0.365 e. The van der Waals surface area contributed by atoms with Crippen LogP contribution in [0.4, 0.5) is 5.13 Å². The molecule has 1 saturated heterocycles. The molecule has 1 aliphatic rings. The van der Waals surface area contributed by atoms with E-state index in [0.29, 0.717) is 12.1 Å². The number of fused-ring (bicyclic) bond motifs is 1. The second-order valence-corrected chi connectivity index (χ2v) is 6.88. The highest BCUT2D eigenvalue weighted by atomic mass is 32.1. The summed E-state index contributed by atoms with van der Waals surface area (Å²) in [4.78, 5) is 21.5. The number of carbonyl (C=O) groups excluding carboxylic acids is 1. The molecule has 23 heavy (non-hydrogen) atoms. The van der Waals surface area contributed by atoms with Crippen LogP contribution >= 0.6 is 11.3 Å². The number of hydrogen-bond donors (Lipinski definition) is 2. The molecule has 1 fully saturated rings. The molecule has 2 N–H and O–H groups in total. The van der Waals surface area contributed by atoms with Gasteiger partial charge in [0.1, 0.15) is 0 Å². The van der Waals surface area contributed by atoms with Gasteiger partial charge >= 0.3 is 0 Å². The minimum Gasteiger partial charge on any atom is -0.365 e. The van der Waals surface area contributed by atoms with E-state index in [1.54, 1.807) is 11.3 Å². The monoisotopic (exact) mass is 333 g/mol. The number of aromatic nitrogens is 1. The van der Waals surface area contributed by atoms with Crippen LogP contribution in [0.1, 0.15) is 10.4 Å². The van der Waals surface area contributed by atoms with Crippen molar-refractivity contribution >= 4 is 32.6 Å². The molecule has 7 heteroatoms. The predicted octanol–water partition coefficient (Wildman–Crippen LogP) is 1.32. The maximum Gasteiger partial charge on any atom is 0.251 e. The van der Waals surface area contributed by atoms with E-state index in [1.807, 2.05) is 25.2 Å². The molecule has 2 heterocycles. The Hall–Kier alpha value is -1.70. The Morgan fingerprint density at radius 2 is 2.09 bits per heavy atom. The first-order valence-electron chi connectivity index (χ1n) is 7.93. The van der Waals surface area contributed by atoms with Gasteiger partial charge in [-0.05, 0) is 25.2 Å². The standard InChI is InChI=1S/C16H23N5OS/c1-17-16-19-13-11-12(3-4-14(13)23-16)15(22)18-5-6-21-9-7-20(2)8-10-21/h3-4,11H,5-10H2,1-2H3,(H,17,19)(H,18,22). The van der Waals surface area contributed by atoms with Crippen molar-refractivity contribution in [2.45, 2.75) is 0 Å². The van der Waals surface area contributed by atoms with Crippen molar-refractivity contribution in [3.05, 3.63) is 23.8 Å². The fourth-order valence-electron chi connectivity index (χ4n) is 2.68. The van der Waals surface area contributed by atoms with Gasteiger partial charge in [-0.3, -0.25) is 9.69 Å². The number of anilines is 1. The Balaban J connectivity index is 1.53. The van der Waals surface area contributed by atoms with Crippen LogP contribution in [0.25, 0.3) is 10.2 Å². The molecule has 124 valence electrons. The first kappa shape index (κ1) is 16.2. The summed E-state index contributed by atoms with van der Waals surface area (Å²) >= 11 is 1.59. The molecule has 2 aromatic rings. The van der Waals surface area contributed by atoms with E-state index >= 15 is 0 Å². The maximum atomic E-state index is 12.3. The number of hydrogen-bond acceptors (Lipinski definition) is 6. The molecule has 0 radical (unpaired) electrons. The van der Waals surface area contributed by atoms with Gasteiger partial charge < -0.3 is 15.5 Å². The Kier molecular flexibility index (Phi) is 5.09. The molecular weight excluding hydrogens is 310 g/mol. The second-order valence-electron chi connectivity index (χ2n) is 5.85. The van der Waals surface area contributed by atoms with Crippen LogP contribution < -0.4 is 10.6 Å². The summed E-state index contributed by atoms with van der Waals surface area (Å²) in [7, 11) is 4.00. The normalized spacial score (nSPS) is 16.6. The zero-order valence-corrected chi connectivity index (χ0v) is 14.4. The number of piperazine rings is 1. The number of nitrogens with one attached hydrogen (secondary N) is 2. The van der Waals surface area contributed by atoms with Gasteiger partial charge in [0.05, 0.1) is 10.2 Å². The van der Waals surface area contributed by atoms with Crippen molar-refractivity contribution in [3.63, 3.8) is 0 Å². The highest BCUT2D eigenvalue weighted by Crippen LogP contribution is 2.26. The fraction of sp³-hybridized carbons (Fsp3) is 0.500. The van der Waals surface area contributed by atoms with Gasteiger partial charge in [-0.15, -0.1) is 0 Å². The van der Waals surface area contributed by atoms with Gasteiger partial charge in [0, 0.05) is 51.9 Å². The fourth-order valence-corrected chi connectivity index (χ4v) is 3.48. The van der Waals surface area contributed by atoms with Crippen molar-refractivity contribution in [1.82, 2.24) is 20.1 Å². The smallest absolute Gasteiger partial charge is 0.251 e. The van der Waals surface area contributed by atoms with Gasteiger partial charge in [0.15, 0.2) is 5.13 Å². The van der Waals surface area contributed by atoms with Crippen molar-refractivity contribution in [3.8, 4) is 0 Å². The molecule has 1 aromatic carbocycles. The van der Waals surface area contributed by atoms with Crippen molar-refractivity contribution in [2.24, 2.45) is 0 Å². The lowest BCUT2D eigenvalue weighted by Gasteiger charge is -2.32. The molecule has 1 amide bonds. The third-order valence-corrected chi connectivity index (χ3v) is 5.23. The summed E-state index contributed by atoms with van der Waals surface area (Å²) in [6.07, 6.45) is 0. The van der Waals surface area contributed by atoms with E-state index in [9.17, 15) is 4.79 Å². The molecule has 1 aliphatic heterocycles. The zero-order valence-electron chi connectivity index (χ0n) is 13.6. The number of carbonyl (C=O) groups is 1. The van der Waals surface area contributed by atoms with Gasteiger partial charge in [-0.25, -0.2) is 4.98 Å². The Bertz CT molecular complexity index is 678. The molecule has 0 saturated carbocycles. The van der Waals surface area contributed by atoms with Crippen molar-refractivity contribution in [2.75, 3.05) is 58.7 Å². The third kappa shape index (κ3) is 3.99. The molecule has 0 unspecified atom stereocenters. The van der Waals surface area contributed by atoms with E-state index in [1.165, 1.54) is 0 Å². The minimum absolute atomic E-state index is 0.0277. The number of thiazole rings is 1. The number of benzene rings is 1. The first-order chi connectivity index (χ1) is 11.2. The SMILES string of the molecule is CNc1nc2cc(C(=O)NCCN3CCN(C)CC3)ccc2s1. The molecular formula is C16H23N5OS. The van der Waals surface area contributed by atoms with Crippen molar-refractivity contribution < 1.29 is 4.79 Å². The van der Waals surface area contributed by atoms with Crippen LogP contribution in [0, 0.1) is 0 Å². The highest BCUT2D eigenvalue weighted by molar-refractivity contribution is 7.22. The summed E-state index contributed by atoms with van der Waals surface area (Å²) in [5.41, 5.74) is 1.54. The second kappa shape index (κ2) is 7.25. The molecule has 0 aliphatic carbocycles. The zero-order chi connectivity index (χ0) is 16.2. The topological polar surface area (TPSA) is 60.5 Å². The summed E-state index contributed by atoms with van der Waals surface area (Å²) in [5.74, 6) is -0.0277. The highest BCUT2D eigenvalue weighted by Gasteiger charge is 2.14. The molecule has 0 atom stereocenters. The summed E-state index contributed by atoms with van der Waals surface area (Å²) in [6.45, 7) is 5.93. The molecule has 0 spiro atoms. The lowest BCUT2D eigenvalue weighted by atomic mass is 10.2. The number of nitrogens with zero attached hydrogens (tertiary/aromatic N) is 3. The van der Waals surface area contributed by atoms with Crippen LogP contribution in [0.15, 0.2) is 18.2 Å². The van der Waals surface area contributed by atoms with Crippen LogP contribution in [-0.4, -0.2) is 74.1 Å². The average molecular weight is 333 g/mol. The molecule has 3 rings (SSSR count). The average Bonchev–Trinajstić information content (AvgIpc) is 2.98. The first-order valence-corrected chi connectivity index (χ1v) is 8.75. The van der Waals surface area contributed by atoms with E-state index in [4.69, 9.17) is 0 Å². The molecule has 0 bridgehead atoms. The number of rotatable bonds is 5. The molecule has 1 aromatic heterocycles. The maximum absolute atomic E-state index is 12.3. The lowest BCUT2D eigenvalue weighted by Crippen LogP contribution is -2.46. The van der Waals surface area contributed by atoms with Crippen molar-refractivity contribution in [1.29, 1.82) is 0 Å². The minimum atomic E-state index is -0.0277. The Morgan fingerprint density at radius 1 is 1.30 bits per heavy atom. The van der Waals surface area contributed by atoms with Crippen LogP contribution in [-0.2, 0) is 0 Å². The van der Waals surface area contributed by atoms with E-state index in [-0.39, 0.29) is 5.91 Å². The van der Waals surface area contributed by atoms with Gasteiger partial charge in [-0.1, -0.05) is 11.3 Å². The third-order valence-electron chi connectivity index (χ3n) is 4.17. The van der Waals surface area contributed by atoms with Gasteiger partial charge in [-0.2, -0.15) is 0 Å². The van der Waals surface area contributed by atoms with E-state index < -0.39 is 0 Å². The van der Waals surface area contributed by atoms with E-state index in [0.717, 1.165) is 48.1 Å². The summed E-state index contributed by atoms with van der Waals surface area (Å²) in [5, 5.41) is 6.91. The number of likely N-dealkylation sites (N-methyl/N-ethyl adjacent to an activating group) is 1. The van der Waals surface area contributed by atoms with Crippen LogP contribution in [0.3, 0.4) is 0 Å². The van der Waals surface area contributed by atoms with E-state index in [2.05, 4.69) is 32.5 Å². The van der Waals surface area contributed by atoms with Crippen LogP contribution in [0.2, 0.25) is 0 Å². The molecule has 6 nitrogen and oxygen atoms in total. The quantitative estimate of drug-likeness (QED) is 0.864. The lowest BCUT2D eigenvalue weighted by molar-refractivity contribution is 0.0941. The van der Waals surface area contributed by atoms with Crippen LogP contribution in [0.5, 0.6) is 0 Å². The Morgan fingerprint density at radius 3 is 2.83 bits per heavy atom. The van der Waals surface area contributed by atoms with Gasteiger partial charge in [0.2, 0.25) is 0 Å². The summed E-state index contributed by atoms with van der Waals surface area (Å²) < 4.78 is 1.09. The van der Waals surface area contributed by atoms with Gasteiger partial charge in [0.25, 0.3) is 5.91 Å². The predicted molar refractivity (Wildman–Crippen MR) is 95.4 cm³/mol. The summed E-state index contributed by atoms with van der Waals surface area (Å²) in [6, 6.07) is 5.69. The Labute approximate surface area is 140 Å². The number of amides is 1.